The van der Waals surface area contributed by atoms with Gasteiger partial charge in [0.05, 0.1) is 0 Å². The second-order valence-electron chi connectivity index (χ2n) is 7.67. The first-order valence-corrected chi connectivity index (χ1v) is 7.90. The minimum Gasteiger partial charge on any atom is -0.427 e. The van der Waals surface area contributed by atoms with Gasteiger partial charge in [-0.05, 0) is 79.9 Å². The van der Waals surface area contributed by atoms with Crippen molar-refractivity contribution in [2.24, 2.45) is 0 Å². The van der Waals surface area contributed by atoms with Crippen molar-refractivity contribution in [3.05, 3.63) is 0 Å². The zero-order valence-electron chi connectivity index (χ0n) is 15.3. The molecule has 0 fully saturated rings. The van der Waals surface area contributed by atoms with E-state index < -0.39 is 23.5 Å². The number of hydrogen-bond donors (Lipinski definition) is 1. The van der Waals surface area contributed by atoms with Gasteiger partial charge in [-0.1, -0.05) is 0 Å². The molecule has 0 spiro atoms. The lowest BCUT2D eigenvalue weighted by molar-refractivity contribution is -0.179. The summed E-state index contributed by atoms with van der Waals surface area (Å²) in [4.78, 5) is 32.9. The molecule has 9 heteroatoms. The van der Waals surface area contributed by atoms with E-state index in [0.717, 1.165) is 16.5 Å². The standard InChI is InChI=1S/C14H28N2O6S/c1-12(2,3)19-10(17)21-15-16(23-14(7,8)9)22-11(18)20-13(4,5)6/h15H,1-9H3. The zero-order chi connectivity index (χ0) is 18.5. The van der Waals surface area contributed by atoms with E-state index in [1.807, 2.05) is 20.8 Å². The molecule has 23 heavy (non-hydrogen) atoms. The van der Waals surface area contributed by atoms with Crippen molar-refractivity contribution < 1.29 is 28.7 Å². The number of carbonyl (C=O) groups is 2. The Balaban J connectivity index is 4.64. The van der Waals surface area contributed by atoms with Crippen LogP contribution in [-0.4, -0.2) is 32.8 Å². The summed E-state index contributed by atoms with van der Waals surface area (Å²) in [7, 11) is 0. The minimum absolute atomic E-state index is 0.327. The summed E-state index contributed by atoms with van der Waals surface area (Å²) >= 11 is 1.08. The molecule has 0 atom stereocenters. The monoisotopic (exact) mass is 352 g/mol. The molecule has 0 aromatic heterocycles. The average molecular weight is 352 g/mol. The fourth-order valence-electron chi connectivity index (χ4n) is 0.986. The molecule has 0 aliphatic rings. The van der Waals surface area contributed by atoms with Crippen LogP contribution in [0.2, 0.25) is 0 Å². The maximum atomic E-state index is 11.7. The van der Waals surface area contributed by atoms with Gasteiger partial charge < -0.3 is 19.1 Å². The SMILES string of the molecule is CC(C)(C)OC(=O)ONN(OC(=O)OC(C)(C)C)SC(C)(C)C. The second-order valence-corrected chi connectivity index (χ2v) is 9.41. The third-order valence-corrected chi connectivity index (χ3v) is 2.36. The Labute approximate surface area is 142 Å². The highest BCUT2D eigenvalue weighted by molar-refractivity contribution is 7.98. The zero-order valence-corrected chi connectivity index (χ0v) is 16.1. The van der Waals surface area contributed by atoms with Gasteiger partial charge in [-0.25, -0.2) is 9.59 Å². The number of rotatable bonds is 4. The normalized spacial score (nSPS) is 12.8. The molecule has 0 rings (SSSR count). The summed E-state index contributed by atoms with van der Waals surface area (Å²) in [5, 5.41) is 0. The van der Waals surface area contributed by atoms with Crippen molar-refractivity contribution >= 4 is 24.3 Å². The highest BCUT2D eigenvalue weighted by Gasteiger charge is 2.27. The molecule has 0 aliphatic heterocycles. The molecular weight excluding hydrogens is 324 g/mol. The molecule has 8 nitrogen and oxygen atoms in total. The lowest BCUT2D eigenvalue weighted by Crippen LogP contribution is -2.41. The molecule has 136 valence electrons. The molecule has 0 saturated heterocycles. The summed E-state index contributed by atoms with van der Waals surface area (Å²) in [5.74, 6) is 0. The smallest absolute Gasteiger partial charge is 0.427 e. The second kappa shape index (κ2) is 8.07. The van der Waals surface area contributed by atoms with Crippen LogP contribution in [-0.2, 0) is 19.1 Å². The summed E-state index contributed by atoms with van der Waals surface area (Å²) in [6.07, 6.45) is -1.89. The number of ether oxygens (including phenoxy) is 2. The Bertz CT molecular complexity index is 409. The van der Waals surface area contributed by atoms with Crippen molar-refractivity contribution in [1.82, 2.24) is 10.2 Å². The van der Waals surface area contributed by atoms with Crippen molar-refractivity contribution in [2.75, 3.05) is 0 Å². The Hall–Kier alpha value is -1.19. The summed E-state index contributed by atoms with van der Waals surface area (Å²) in [6.45, 7) is 15.9. The topological polar surface area (TPSA) is 86.3 Å². The predicted molar refractivity (Wildman–Crippen MR) is 87.0 cm³/mol. The van der Waals surface area contributed by atoms with E-state index in [4.69, 9.17) is 19.1 Å². The average Bonchev–Trinajstić information content (AvgIpc) is 2.18. The quantitative estimate of drug-likeness (QED) is 0.458. The number of nitrogens with one attached hydrogen (secondary N) is 1. The molecule has 0 unspecified atom stereocenters. The maximum absolute atomic E-state index is 11.7. The third-order valence-electron chi connectivity index (χ3n) is 1.50. The van der Waals surface area contributed by atoms with Gasteiger partial charge >= 0.3 is 12.3 Å². The first kappa shape index (κ1) is 21.8. The Kier molecular flexibility index (Phi) is 7.65. The molecule has 0 aromatic rings. The Morgan fingerprint density at radius 3 is 1.65 bits per heavy atom. The van der Waals surface area contributed by atoms with E-state index >= 15 is 0 Å². The maximum Gasteiger partial charge on any atom is 0.530 e. The first-order valence-electron chi connectivity index (χ1n) is 7.13. The minimum atomic E-state index is -0.954. The molecule has 0 amide bonds. The van der Waals surface area contributed by atoms with Crippen LogP contribution >= 0.6 is 11.9 Å². The van der Waals surface area contributed by atoms with Gasteiger partial charge in [0.15, 0.2) is 0 Å². The first-order chi connectivity index (χ1) is 10.1. The lowest BCUT2D eigenvalue weighted by atomic mass is 10.2. The van der Waals surface area contributed by atoms with Crippen LogP contribution in [0.5, 0.6) is 0 Å². The molecule has 0 bridgehead atoms. The van der Waals surface area contributed by atoms with E-state index in [-0.39, 0.29) is 4.75 Å². The van der Waals surface area contributed by atoms with E-state index in [1.54, 1.807) is 41.5 Å². The van der Waals surface area contributed by atoms with Crippen molar-refractivity contribution in [1.29, 1.82) is 0 Å². The van der Waals surface area contributed by atoms with Gasteiger partial charge in [-0.3, -0.25) is 0 Å². The highest BCUT2D eigenvalue weighted by atomic mass is 32.2. The predicted octanol–water partition coefficient (Wildman–Crippen LogP) is 3.97. The fraction of sp³-hybridized carbons (Fsp3) is 0.857. The van der Waals surface area contributed by atoms with Crippen molar-refractivity contribution in [3.8, 4) is 0 Å². The fourth-order valence-corrected chi connectivity index (χ4v) is 1.66. The molecule has 1 N–H and O–H groups in total. The van der Waals surface area contributed by atoms with Gasteiger partial charge in [0.1, 0.15) is 11.2 Å². The summed E-state index contributed by atoms with van der Waals surface area (Å²) in [5.41, 5.74) is 0.805. The number of hydrazine groups is 1. The molecule has 0 saturated carbocycles. The third kappa shape index (κ3) is 14.2. The highest BCUT2D eigenvalue weighted by Crippen LogP contribution is 2.26. The van der Waals surface area contributed by atoms with Crippen molar-refractivity contribution in [3.63, 3.8) is 0 Å². The molecular formula is C14H28N2O6S. The van der Waals surface area contributed by atoms with E-state index in [1.165, 1.54) is 0 Å². The van der Waals surface area contributed by atoms with Crippen LogP contribution in [0.1, 0.15) is 62.3 Å². The van der Waals surface area contributed by atoms with Crippen molar-refractivity contribution in [2.45, 2.75) is 78.3 Å². The van der Waals surface area contributed by atoms with Gasteiger partial charge in [-0.2, -0.15) is 0 Å². The molecule has 0 aliphatic carbocycles. The van der Waals surface area contributed by atoms with Gasteiger partial charge in [0, 0.05) is 9.32 Å². The van der Waals surface area contributed by atoms with E-state index in [0.29, 0.717) is 0 Å². The summed E-state index contributed by atoms with van der Waals surface area (Å²) < 4.78 is 10.6. The number of hydrogen-bond acceptors (Lipinski definition) is 9. The molecule has 0 radical (unpaired) electrons. The van der Waals surface area contributed by atoms with Crippen LogP contribution in [0.15, 0.2) is 0 Å². The summed E-state index contributed by atoms with van der Waals surface area (Å²) in [6, 6.07) is 0. The van der Waals surface area contributed by atoms with Crippen LogP contribution in [0.25, 0.3) is 0 Å². The lowest BCUT2D eigenvalue weighted by Gasteiger charge is -2.27. The van der Waals surface area contributed by atoms with Crippen LogP contribution in [0.3, 0.4) is 0 Å². The molecule has 0 heterocycles. The van der Waals surface area contributed by atoms with E-state index in [9.17, 15) is 9.59 Å². The van der Waals surface area contributed by atoms with Gasteiger partial charge in [0.2, 0.25) is 0 Å². The number of nitrogens with zero attached hydrogens (tertiary/aromatic N) is 1. The number of carbonyl (C=O) groups excluding carboxylic acids is 2. The Morgan fingerprint density at radius 2 is 1.26 bits per heavy atom. The van der Waals surface area contributed by atoms with E-state index in [2.05, 4.69) is 5.59 Å². The molecule has 0 aromatic carbocycles. The van der Waals surface area contributed by atoms with Gasteiger partial charge in [-0.15, -0.1) is 0 Å². The van der Waals surface area contributed by atoms with Crippen LogP contribution < -0.4 is 5.59 Å². The van der Waals surface area contributed by atoms with Crippen LogP contribution in [0, 0.1) is 0 Å². The van der Waals surface area contributed by atoms with Gasteiger partial charge in [0.25, 0.3) is 0 Å². The largest absolute Gasteiger partial charge is 0.530 e. The Morgan fingerprint density at radius 1 is 0.826 bits per heavy atom. The van der Waals surface area contributed by atoms with Crippen LogP contribution in [0.4, 0.5) is 9.59 Å².